The predicted molar refractivity (Wildman–Crippen MR) is 266 cm³/mol. The molecule has 1 saturated heterocycles. The first kappa shape index (κ1) is 57.7. The summed E-state index contributed by atoms with van der Waals surface area (Å²) in [7, 11) is 1.76. The summed E-state index contributed by atoms with van der Waals surface area (Å²) in [4.78, 5) is 98.1. The summed E-state index contributed by atoms with van der Waals surface area (Å²) in [6.45, 7) is 19.8. The zero-order valence-corrected chi connectivity index (χ0v) is 43.7. The maximum atomic E-state index is 14.1. The van der Waals surface area contributed by atoms with E-state index in [1.807, 2.05) is 55.4 Å². The van der Waals surface area contributed by atoms with E-state index in [2.05, 4.69) is 33.6 Å². The van der Waals surface area contributed by atoms with Gasteiger partial charge in [-0.05, 0) is 89.3 Å². The van der Waals surface area contributed by atoms with Crippen molar-refractivity contribution in [3.8, 4) is 5.75 Å². The number of esters is 1. The zero-order valence-electron chi connectivity index (χ0n) is 41.9. The Bertz CT molecular complexity index is 2050. The van der Waals surface area contributed by atoms with Crippen LogP contribution in [0.4, 0.5) is 5.69 Å². The zero-order chi connectivity index (χ0) is 51.1. The number of imide groups is 1. The Labute approximate surface area is 412 Å². The molecule has 6 atom stereocenters. The summed E-state index contributed by atoms with van der Waals surface area (Å²) in [6.07, 6.45) is 2.51. The van der Waals surface area contributed by atoms with Crippen molar-refractivity contribution in [2.75, 3.05) is 32.1 Å². The maximum Gasteiger partial charge on any atom is 0.303 e. The normalized spacial score (nSPS) is 16.5. The summed E-state index contributed by atoms with van der Waals surface area (Å²) in [5, 5.41) is 20.8. The minimum absolute atomic E-state index is 0.00545. The first-order valence-electron chi connectivity index (χ1n) is 23.7. The van der Waals surface area contributed by atoms with E-state index in [4.69, 9.17) is 15.2 Å². The van der Waals surface area contributed by atoms with Crippen molar-refractivity contribution in [1.82, 2.24) is 25.4 Å². The van der Waals surface area contributed by atoms with Gasteiger partial charge >= 0.3 is 5.97 Å². The lowest BCUT2D eigenvalue weighted by molar-refractivity contribution is -0.148. The van der Waals surface area contributed by atoms with E-state index in [0.717, 1.165) is 22.7 Å². The number of amides is 6. The van der Waals surface area contributed by atoms with Crippen LogP contribution in [0.3, 0.4) is 0 Å². The first-order valence-corrected chi connectivity index (χ1v) is 25.1. The summed E-state index contributed by atoms with van der Waals surface area (Å²) in [5.41, 5.74) is 6.06. The Hall–Kier alpha value is -4.59. The Kier molecular flexibility index (Phi) is 22.4. The average Bonchev–Trinajstić information content (AvgIpc) is 3.83. The van der Waals surface area contributed by atoms with Crippen LogP contribution in [0.25, 0.3) is 0 Å². The van der Waals surface area contributed by atoms with E-state index in [-0.39, 0.29) is 109 Å². The average molecular weight is 988 g/mol. The van der Waals surface area contributed by atoms with Crippen LogP contribution in [0.2, 0.25) is 0 Å². The van der Waals surface area contributed by atoms with Gasteiger partial charge in [0.05, 0.1) is 16.5 Å². The SMILES string of the molecule is CC[C@H](C)CC(=O)N(C)C(C[C@@H](OC(C)=O)c1nc(C(=O)N[C@@H](Cc2ccc(O)c(NC(=O)CCCN3C(=O)CC(S)C3=O)c2)CC(C)C(=O)NCCC(C)(C)OCCC(C)(C)N)cs1)C(C)C. The molecule has 0 bridgehead atoms. The number of thiol groups is 1. The fourth-order valence-corrected chi connectivity index (χ4v) is 8.86. The lowest BCUT2D eigenvalue weighted by Crippen LogP contribution is -2.42. The van der Waals surface area contributed by atoms with E-state index >= 15 is 0 Å². The number of aromatic nitrogens is 1. The molecule has 17 nitrogen and oxygen atoms in total. The van der Waals surface area contributed by atoms with Crippen LogP contribution in [0.15, 0.2) is 23.6 Å². The Morgan fingerprint density at radius 1 is 1.07 bits per heavy atom. The third kappa shape index (κ3) is 19.1. The highest BCUT2D eigenvalue weighted by atomic mass is 32.1. The molecule has 6 amide bonds. The topological polar surface area (TPSA) is 240 Å². The van der Waals surface area contributed by atoms with Crippen LogP contribution in [-0.4, -0.2) is 117 Å². The Morgan fingerprint density at radius 2 is 1.76 bits per heavy atom. The number of hydrogen-bond donors (Lipinski definition) is 6. The van der Waals surface area contributed by atoms with Crippen molar-refractivity contribution >= 4 is 71.1 Å². The molecule has 1 aliphatic rings. The highest BCUT2D eigenvalue weighted by molar-refractivity contribution is 7.81. The fourth-order valence-electron chi connectivity index (χ4n) is 7.72. The highest BCUT2D eigenvalue weighted by Gasteiger charge is 2.36. The van der Waals surface area contributed by atoms with Gasteiger partial charge < -0.3 is 41.2 Å². The molecule has 0 spiro atoms. The number of carbonyl (C=O) groups is 7. The number of carbonyl (C=O) groups excluding carboxylic acids is 7. The van der Waals surface area contributed by atoms with Crippen LogP contribution >= 0.6 is 24.0 Å². The number of likely N-dealkylation sites (tertiary alicyclic amines) is 1. The van der Waals surface area contributed by atoms with Crippen LogP contribution < -0.4 is 21.7 Å². The van der Waals surface area contributed by atoms with Crippen molar-refractivity contribution in [2.45, 2.75) is 168 Å². The molecule has 0 aliphatic carbocycles. The van der Waals surface area contributed by atoms with Gasteiger partial charge in [-0.25, -0.2) is 4.98 Å². The van der Waals surface area contributed by atoms with Crippen molar-refractivity contribution < 1.29 is 48.1 Å². The molecule has 2 heterocycles. The third-order valence-electron chi connectivity index (χ3n) is 12.2. The van der Waals surface area contributed by atoms with E-state index in [9.17, 15) is 38.7 Å². The molecule has 3 unspecified atom stereocenters. The number of nitrogens with zero attached hydrogens (tertiary/aromatic N) is 3. The molecule has 1 fully saturated rings. The van der Waals surface area contributed by atoms with Gasteiger partial charge in [-0.15, -0.1) is 11.3 Å². The lowest BCUT2D eigenvalue weighted by Gasteiger charge is -2.34. The molecular weight excluding hydrogens is 911 g/mol. The van der Waals surface area contributed by atoms with Crippen molar-refractivity contribution in [2.24, 2.45) is 23.5 Å². The number of nitrogens with two attached hydrogens (primary N) is 1. The van der Waals surface area contributed by atoms with Gasteiger partial charge in [0.15, 0.2) is 6.10 Å². The molecule has 1 aromatic heterocycles. The number of phenolic OH excluding ortho intramolecular Hbond substituents is 1. The number of aromatic hydroxyl groups is 1. The minimum atomic E-state index is -0.830. The molecule has 2 aromatic rings. The van der Waals surface area contributed by atoms with Gasteiger partial charge in [0.1, 0.15) is 16.5 Å². The van der Waals surface area contributed by atoms with Gasteiger partial charge in [-0.3, -0.25) is 38.5 Å². The minimum Gasteiger partial charge on any atom is -0.506 e. The summed E-state index contributed by atoms with van der Waals surface area (Å²) in [5.74, 6) is -2.99. The predicted octanol–water partition coefficient (Wildman–Crippen LogP) is 6.33. The van der Waals surface area contributed by atoms with Gasteiger partial charge in [0.2, 0.25) is 29.5 Å². The van der Waals surface area contributed by atoms with Crippen molar-refractivity contribution in [1.29, 1.82) is 0 Å². The summed E-state index contributed by atoms with van der Waals surface area (Å²) < 4.78 is 11.8. The quantitative estimate of drug-likeness (QED) is 0.0237. The lowest BCUT2D eigenvalue weighted by atomic mass is 9.94. The van der Waals surface area contributed by atoms with Crippen LogP contribution in [-0.2, 0) is 44.7 Å². The number of hydrogen-bond acceptors (Lipinski definition) is 14. The van der Waals surface area contributed by atoms with E-state index in [0.29, 0.717) is 43.0 Å². The van der Waals surface area contributed by atoms with E-state index in [1.165, 1.54) is 13.0 Å². The monoisotopic (exact) mass is 988 g/mol. The molecular formula is C49H77N7O10S2. The fraction of sp³-hybridized carbons (Fsp3) is 0.673. The van der Waals surface area contributed by atoms with E-state index < -0.39 is 46.7 Å². The number of phenols is 1. The summed E-state index contributed by atoms with van der Waals surface area (Å²) >= 11 is 5.30. The number of rotatable bonds is 28. The second-order valence-electron chi connectivity index (χ2n) is 19.9. The molecule has 1 aliphatic heterocycles. The molecule has 19 heteroatoms. The number of anilines is 1. The molecule has 380 valence electrons. The number of thiazole rings is 1. The molecule has 0 saturated carbocycles. The van der Waals surface area contributed by atoms with Crippen LogP contribution in [0.5, 0.6) is 5.75 Å². The molecule has 3 rings (SSSR count). The van der Waals surface area contributed by atoms with Gasteiger partial charge in [0.25, 0.3) is 5.91 Å². The van der Waals surface area contributed by atoms with Crippen LogP contribution in [0.1, 0.15) is 154 Å². The second-order valence-corrected chi connectivity index (χ2v) is 21.5. The molecule has 1 aromatic carbocycles. The third-order valence-corrected chi connectivity index (χ3v) is 13.5. The maximum absolute atomic E-state index is 14.1. The molecule has 6 N–H and O–H groups in total. The second kappa shape index (κ2) is 26.4. The van der Waals surface area contributed by atoms with Crippen molar-refractivity contribution in [3.05, 3.63) is 39.8 Å². The number of nitrogens with one attached hydrogen (secondary N) is 3. The largest absolute Gasteiger partial charge is 0.506 e. The number of benzene rings is 1. The van der Waals surface area contributed by atoms with E-state index in [1.54, 1.807) is 36.4 Å². The summed E-state index contributed by atoms with van der Waals surface area (Å²) in [6, 6.07) is 3.73. The Morgan fingerprint density at radius 3 is 2.37 bits per heavy atom. The molecule has 0 radical (unpaired) electrons. The number of ether oxygens (including phenoxy) is 2. The molecule has 68 heavy (non-hydrogen) atoms. The standard InChI is InChI=1S/C49H77N7O10S2/c1-12-30(4)22-42(60)55(11)37(29(2)3)26-39(66-32(6)57)46-54-36(28-68-46)45(63)52-34(23-31(5)44(62)51-19-17-49(9,10)65-21-18-48(7,8)50)24-33-15-16-38(58)35(25-33)53-41(59)14-13-20-56-43(61)27-40(67)47(56)64/h15-16,25,28-31,34,37,39-40,58,67H,12-14,17-24,26-27,50H2,1-11H3,(H,51,62)(H,52,63)(H,53,59)/t30-,31?,34+,37?,39+,40?/m0/s1. The van der Waals surface area contributed by atoms with Crippen LogP contribution in [0, 0.1) is 17.8 Å². The van der Waals surface area contributed by atoms with Gasteiger partial charge in [-0.2, -0.15) is 12.6 Å². The smallest absolute Gasteiger partial charge is 0.303 e. The van der Waals surface area contributed by atoms with Crippen molar-refractivity contribution in [3.63, 3.8) is 0 Å². The Balaban J connectivity index is 1.82. The van der Waals surface area contributed by atoms with Gasteiger partial charge in [-0.1, -0.05) is 47.1 Å². The first-order chi connectivity index (χ1) is 31.7. The van der Waals surface area contributed by atoms with Gasteiger partial charge in [0, 0.05) is 88.3 Å². The highest BCUT2D eigenvalue weighted by Crippen LogP contribution is 2.32.